The zero-order chi connectivity index (χ0) is 19.1. The number of carbonyl (C=O) groups is 1. The van der Waals surface area contributed by atoms with E-state index in [9.17, 15) is 24.3 Å². The van der Waals surface area contributed by atoms with Crippen molar-refractivity contribution in [3.63, 3.8) is 0 Å². The highest BCUT2D eigenvalue weighted by atomic mass is 16.7. The van der Waals surface area contributed by atoms with Gasteiger partial charge in [0.05, 0.1) is 38.5 Å². The first-order valence-electron chi connectivity index (χ1n) is 8.45. The Morgan fingerprint density at radius 3 is 1.88 bits per heavy atom. The normalized spacial score (nSPS) is 23.3. The fourth-order valence-electron chi connectivity index (χ4n) is 2.53. The van der Waals surface area contributed by atoms with Crippen molar-refractivity contribution >= 4 is 5.97 Å². The van der Waals surface area contributed by atoms with Crippen LogP contribution < -0.4 is 17.1 Å². The Labute approximate surface area is 147 Å². The van der Waals surface area contributed by atoms with Crippen LogP contribution in [0.5, 0.6) is 0 Å². The molecule has 0 aromatic carbocycles. The van der Waals surface area contributed by atoms with Crippen LogP contribution in [0.2, 0.25) is 0 Å². The molecule has 144 valence electrons. The fraction of sp³-hybridized carbons (Fsp3) is 0.733. The van der Waals surface area contributed by atoms with Gasteiger partial charge < -0.3 is 19.3 Å². The van der Waals surface area contributed by atoms with E-state index in [1.54, 1.807) is 0 Å². The molecule has 1 aromatic rings. The fourth-order valence-corrected chi connectivity index (χ4v) is 2.53. The minimum Gasteiger partial charge on any atom is -0.413 e. The molecule has 1 N–H and O–H groups in total. The minimum atomic E-state index is -2.49. The summed E-state index contributed by atoms with van der Waals surface area (Å²) in [6.45, 7) is 3.60. The average molecular weight is 371 g/mol. The summed E-state index contributed by atoms with van der Waals surface area (Å²) < 4.78 is 17.1. The van der Waals surface area contributed by atoms with E-state index < -0.39 is 28.9 Å². The SMILES string of the molecule is CCC(=O)OC(O)(CC)n1c(=O)n(CC2CO2)c(=O)n(CC2CO2)c1=O. The number of hydrogen-bond acceptors (Lipinski definition) is 8. The molecule has 0 saturated carbocycles. The topological polar surface area (TPSA) is 138 Å². The van der Waals surface area contributed by atoms with Crippen molar-refractivity contribution in [2.24, 2.45) is 0 Å². The van der Waals surface area contributed by atoms with Gasteiger partial charge in [-0.2, -0.15) is 4.57 Å². The number of rotatable bonds is 8. The number of aliphatic hydroxyl groups is 1. The predicted octanol–water partition coefficient (Wildman–Crippen LogP) is -2.06. The van der Waals surface area contributed by atoms with Crippen molar-refractivity contribution < 1.29 is 24.1 Å². The van der Waals surface area contributed by atoms with E-state index in [-0.39, 0.29) is 38.1 Å². The van der Waals surface area contributed by atoms with Crippen LogP contribution in [0.1, 0.15) is 26.7 Å². The molecule has 1 aromatic heterocycles. The van der Waals surface area contributed by atoms with Gasteiger partial charge in [-0.1, -0.05) is 13.8 Å². The van der Waals surface area contributed by atoms with E-state index in [0.717, 1.165) is 9.13 Å². The van der Waals surface area contributed by atoms with Gasteiger partial charge in [0.1, 0.15) is 0 Å². The van der Waals surface area contributed by atoms with E-state index in [4.69, 9.17) is 14.2 Å². The highest BCUT2D eigenvalue weighted by molar-refractivity contribution is 5.69. The highest BCUT2D eigenvalue weighted by Gasteiger charge is 2.39. The molecule has 0 bridgehead atoms. The predicted molar refractivity (Wildman–Crippen MR) is 85.6 cm³/mol. The minimum absolute atomic E-state index is 0.0588. The van der Waals surface area contributed by atoms with Crippen LogP contribution in [0.3, 0.4) is 0 Å². The van der Waals surface area contributed by atoms with Crippen molar-refractivity contribution in [3.8, 4) is 0 Å². The Morgan fingerprint density at radius 2 is 1.54 bits per heavy atom. The van der Waals surface area contributed by atoms with Gasteiger partial charge in [0.2, 0.25) is 0 Å². The van der Waals surface area contributed by atoms with Gasteiger partial charge in [0, 0.05) is 12.8 Å². The van der Waals surface area contributed by atoms with Crippen LogP contribution in [0.25, 0.3) is 0 Å². The smallest absolute Gasteiger partial charge is 0.341 e. The van der Waals surface area contributed by atoms with Gasteiger partial charge in [0.25, 0.3) is 0 Å². The first-order chi connectivity index (χ1) is 12.3. The van der Waals surface area contributed by atoms with E-state index in [0.29, 0.717) is 17.8 Å². The van der Waals surface area contributed by atoms with E-state index in [1.165, 1.54) is 13.8 Å². The molecule has 11 heteroatoms. The second-order valence-electron chi connectivity index (χ2n) is 6.24. The molecule has 3 rings (SSSR count). The largest absolute Gasteiger partial charge is 0.413 e. The molecule has 0 spiro atoms. The van der Waals surface area contributed by atoms with Crippen LogP contribution in [0.15, 0.2) is 14.4 Å². The number of ether oxygens (including phenoxy) is 3. The van der Waals surface area contributed by atoms with Gasteiger partial charge in [-0.25, -0.2) is 23.5 Å². The molecule has 2 aliphatic heterocycles. The molecule has 3 heterocycles. The molecule has 0 radical (unpaired) electrons. The number of esters is 1. The van der Waals surface area contributed by atoms with Gasteiger partial charge in [-0.05, 0) is 0 Å². The first-order valence-corrected chi connectivity index (χ1v) is 8.45. The molecular formula is C15H21N3O8. The van der Waals surface area contributed by atoms with Crippen molar-refractivity contribution in [1.82, 2.24) is 13.7 Å². The van der Waals surface area contributed by atoms with Gasteiger partial charge in [-0.3, -0.25) is 4.79 Å². The summed E-state index contributed by atoms with van der Waals surface area (Å²) in [7, 11) is 0. The molecule has 3 atom stereocenters. The van der Waals surface area contributed by atoms with E-state index >= 15 is 0 Å². The molecule has 0 aliphatic carbocycles. The van der Waals surface area contributed by atoms with E-state index in [1.807, 2.05) is 0 Å². The Morgan fingerprint density at radius 1 is 1.08 bits per heavy atom. The molecule has 2 aliphatic rings. The van der Waals surface area contributed by atoms with Crippen LogP contribution in [0.4, 0.5) is 0 Å². The standard InChI is InChI=1S/C15H21N3O8/c1-3-11(19)26-15(23,4-2)18-13(21)16(5-9-7-24-9)12(20)17(14(18)22)6-10-8-25-10/h9-10,23H,3-8H2,1-2H3. The maximum atomic E-state index is 12.8. The summed E-state index contributed by atoms with van der Waals surface area (Å²) in [6, 6.07) is 0. The number of hydrogen-bond donors (Lipinski definition) is 1. The van der Waals surface area contributed by atoms with Crippen molar-refractivity contribution in [1.29, 1.82) is 0 Å². The van der Waals surface area contributed by atoms with Gasteiger partial charge in [-0.15, -0.1) is 0 Å². The Bertz CT molecular complexity index is 824. The highest BCUT2D eigenvalue weighted by Crippen LogP contribution is 2.17. The second-order valence-corrected chi connectivity index (χ2v) is 6.24. The van der Waals surface area contributed by atoms with Crippen LogP contribution in [-0.2, 0) is 38.0 Å². The maximum Gasteiger partial charge on any atom is 0.341 e. The van der Waals surface area contributed by atoms with Crippen molar-refractivity contribution in [3.05, 3.63) is 31.5 Å². The van der Waals surface area contributed by atoms with E-state index in [2.05, 4.69) is 0 Å². The monoisotopic (exact) mass is 371 g/mol. The van der Waals surface area contributed by atoms with Crippen molar-refractivity contribution in [2.45, 2.75) is 57.9 Å². The Hall–Kier alpha value is -2.24. The summed E-state index contributed by atoms with van der Waals surface area (Å²) in [4.78, 5) is 49.8. The molecule has 2 saturated heterocycles. The second kappa shape index (κ2) is 6.82. The van der Waals surface area contributed by atoms with Crippen molar-refractivity contribution in [2.75, 3.05) is 13.2 Å². The molecule has 3 unspecified atom stereocenters. The van der Waals surface area contributed by atoms with Crippen LogP contribution >= 0.6 is 0 Å². The molecular weight excluding hydrogens is 350 g/mol. The summed E-state index contributed by atoms with van der Waals surface area (Å²) in [5, 5.41) is 10.7. The summed E-state index contributed by atoms with van der Waals surface area (Å²) in [5.74, 6) is -3.28. The zero-order valence-corrected chi connectivity index (χ0v) is 14.5. The molecule has 11 nitrogen and oxygen atoms in total. The zero-order valence-electron chi connectivity index (χ0n) is 14.5. The lowest BCUT2D eigenvalue weighted by Gasteiger charge is -2.28. The van der Waals surface area contributed by atoms with Crippen LogP contribution in [-0.4, -0.2) is 50.2 Å². The number of carbonyl (C=O) groups excluding carboxylic acids is 1. The summed E-state index contributed by atoms with van der Waals surface area (Å²) >= 11 is 0. The third kappa shape index (κ3) is 3.50. The lowest BCUT2D eigenvalue weighted by atomic mass is 10.3. The molecule has 2 fully saturated rings. The summed E-state index contributed by atoms with van der Waals surface area (Å²) in [6.07, 6.45) is -0.947. The first kappa shape index (κ1) is 18.5. The lowest BCUT2D eigenvalue weighted by Crippen LogP contribution is -2.61. The van der Waals surface area contributed by atoms with Crippen LogP contribution in [0, 0.1) is 0 Å². The quantitative estimate of drug-likeness (QED) is 0.313. The Balaban J connectivity index is 2.18. The third-order valence-corrected chi connectivity index (χ3v) is 4.26. The lowest BCUT2D eigenvalue weighted by molar-refractivity contribution is -0.259. The van der Waals surface area contributed by atoms with Gasteiger partial charge in [0.15, 0.2) is 0 Å². The average Bonchev–Trinajstić information content (AvgIpc) is 3.51. The number of nitrogens with zero attached hydrogens (tertiary/aromatic N) is 3. The van der Waals surface area contributed by atoms with Gasteiger partial charge >= 0.3 is 28.9 Å². The number of aromatic nitrogens is 3. The number of epoxide rings is 2. The maximum absolute atomic E-state index is 12.8. The molecule has 26 heavy (non-hydrogen) atoms. The Kier molecular flexibility index (Phi) is 4.86. The summed E-state index contributed by atoms with van der Waals surface area (Å²) in [5.41, 5.74) is -2.93. The molecule has 0 amide bonds. The third-order valence-electron chi connectivity index (χ3n) is 4.26.